The van der Waals surface area contributed by atoms with Crippen LogP contribution in [-0.4, -0.2) is 35.8 Å². The molecule has 1 aromatic heterocycles. The number of para-hydroxylation sites is 1. The molecule has 9 heteroatoms. The van der Waals surface area contributed by atoms with Gasteiger partial charge in [0.25, 0.3) is 0 Å². The number of pyridine rings is 1. The van der Waals surface area contributed by atoms with Gasteiger partial charge in [-0.1, -0.05) is 24.3 Å². The maximum Gasteiger partial charge on any atom is 0.319 e. The third-order valence-corrected chi connectivity index (χ3v) is 5.35. The van der Waals surface area contributed by atoms with E-state index in [2.05, 4.69) is 27.0 Å². The van der Waals surface area contributed by atoms with Gasteiger partial charge < -0.3 is 31.5 Å². The van der Waals surface area contributed by atoms with Crippen LogP contribution in [0.1, 0.15) is 18.4 Å². The molecule has 174 valence electrons. The van der Waals surface area contributed by atoms with Gasteiger partial charge in [-0.2, -0.15) is 5.26 Å². The fourth-order valence-corrected chi connectivity index (χ4v) is 3.41. The maximum atomic E-state index is 12.1. The van der Waals surface area contributed by atoms with E-state index >= 15 is 0 Å². The Balaban J connectivity index is 1.46. The number of rotatable bonds is 9. The Bertz CT molecular complexity index is 1210. The minimum atomic E-state index is -0.338. The first-order valence-corrected chi connectivity index (χ1v) is 11.0. The average Bonchev–Trinajstić information content (AvgIpc) is 3.65. The lowest BCUT2D eigenvalue weighted by Crippen LogP contribution is -2.32. The van der Waals surface area contributed by atoms with Gasteiger partial charge in [0.05, 0.1) is 23.6 Å². The number of nitrogens with zero attached hydrogens (tertiary/aromatic N) is 2. The molecular formula is C25H26N6O3. The molecule has 9 nitrogen and oxygen atoms in total. The molecule has 0 radical (unpaired) electrons. The number of benzene rings is 2. The van der Waals surface area contributed by atoms with Crippen molar-refractivity contribution in [2.75, 3.05) is 36.1 Å². The number of nitrogen functional groups attached to an aromatic ring is 1. The van der Waals surface area contributed by atoms with Gasteiger partial charge in [-0.25, -0.2) is 9.78 Å². The van der Waals surface area contributed by atoms with Crippen LogP contribution in [0.5, 0.6) is 11.5 Å². The average molecular weight is 459 g/mol. The normalized spacial score (nSPS) is 12.4. The van der Waals surface area contributed by atoms with Crippen LogP contribution in [0.2, 0.25) is 0 Å². The molecule has 1 fully saturated rings. The highest BCUT2D eigenvalue weighted by molar-refractivity contribution is 5.89. The lowest BCUT2D eigenvalue weighted by Gasteiger charge is -2.16. The van der Waals surface area contributed by atoms with Crippen molar-refractivity contribution in [1.29, 1.82) is 5.26 Å². The van der Waals surface area contributed by atoms with E-state index in [0.717, 1.165) is 12.8 Å². The second kappa shape index (κ2) is 10.4. The summed E-state index contributed by atoms with van der Waals surface area (Å²) in [5, 5.41) is 28.7. The quantitative estimate of drug-likeness (QED) is 0.305. The van der Waals surface area contributed by atoms with Gasteiger partial charge in [-0.15, -0.1) is 0 Å². The number of aromatic nitrogens is 1. The van der Waals surface area contributed by atoms with E-state index in [1.807, 2.05) is 18.2 Å². The minimum absolute atomic E-state index is 0.00936. The first-order chi connectivity index (χ1) is 16.5. The summed E-state index contributed by atoms with van der Waals surface area (Å²) in [4.78, 5) is 16.4. The monoisotopic (exact) mass is 458 g/mol. The lowest BCUT2D eigenvalue weighted by molar-refractivity contribution is 0.252. The topological polar surface area (TPSA) is 145 Å². The first-order valence-electron chi connectivity index (χ1n) is 11.0. The minimum Gasteiger partial charge on any atom is -0.507 e. The van der Waals surface area contributed by atoms with Crippen molar-refractivity contribution >= 4 is 23.2 Å². The highest BCUT2D eigenvalue weighted by atomic mass is 16.5. The standard InChI is InChI=1S/C25H26N6O3/c26-14-18-19(28-11-12-29-25(33)30-17-5-2-1-3-6-17)13-20(31-24(18)27)23-21(32)7-4-8-22(23)34-15-16-9-10-16/h1-8,13,16,32H,9-12,15H2,(H3,27,28,31)(H2,29,30,33). The van der Waals surface area contributed by atoms with Crippen LogP contribution in [0.25, 0.3) is 11.3 Å². The molecule has 1 aliphatic rings. The molecule has 2 aromatic carbocycles. The number of carbonyl (C=O) groups is 1. The van der Waals surface area contributed by atoms with Crippen molar-refractivity contribution in [2.45, 2.75) is 12.8 Å². The molecule has 2 amide bonds. The number of phenolic OH excluding ortho intramolecular Hbond substituents is 1. The van der Waals surface area contributed by atoms with Crippen LogP contribution in [0.3, 0.4) is 0 Å². The Morgan fingerprint density at radius 1 is 1.18 bits per heavy atom. The number of hydrogen-bond acceptors (Lipinski definition) is 7. The molecule has 6 N–H and O–H groups in total. The molecule has 0 bridgehead atoms. The van der Waals surface area contributed by atoms with E-state index in [-0.39, 0.29) is 23.2 Å². The number of anilines is 3. The summed E-state index contributed by atoms with van der Waals surface area (Å²) in [5.41, 5.74) is 8.20. The third kappa shape index (κ3) is 5.66. The Hall–Kier alpha value is -4.45. The number of phenols is 1. The molecule has 34 heavy (non-hydrogen) atoms. The smallest absolute Gasteiger partial charge is 0.319 e. The maximum absolute atomic E-state index is 12.1. The summed E-state index contributed by atoms with van der Waals surface area (Å²) in [6, 6.07) is 17.5. The van der Waals surface area contributed by atoms with E-state index in [1.54, 1.807) is 36.4 Å². The van der Waals surface area contributed by atoms with Gasteiger partial charge in [0.15, 0.2) is 0 Å². The largest absolute Gasteiger partial charge is 0.507 e. The number of nitrogens with one attached hydrogen (secondary N) is 3. The summed E-state index contributed by atoms with van der Waals surface area (Å²) in [5.74, 6) is 1.09. The number of amides is 2. The van der Waals surface area contributed by atoms with Crippen molar-refractivity contribution < 1.29 is 14.6 Å². The van der Waals surface area contributed by atoms with Gasteiger partial charge in [-0.3, -0.25) is 0 Å². The molecule has 1 heterocycles. The first kappa shape index (κ1) is 22.7. The predicted octanol–water partition coefficient (Wildman–Crippen LogP) is 3.93. The van der Waals surface area contributed by atoms with Crippen molar-refractivity contribution in [3.05, 3.63) is 60.2 Å². The number of carbonyl (C=O) groups excluding carboxylic acids is 1. The lowest BCUT2D eigenvalue weighted by atomic mass is 10.1. The van der Waals surface area contributed by atoms with Crippen molar-refractivity contribution in [1.82, 2.24) is 10.3 Å². The Morgan fingerprint density at radius 2 is 1.97 bits per heavy atom. The van der Waals surface area contributed by atoms with E-state index < -0.39 is 0 Å². The predicted molar refractivity (Wildman–Crippen MR) is 131 cm³/mol. The zero-order chi connectivity index (χ0) is 23.9. The molecule has 4 rings (SSSR count). The molecular weight excluding hydrogens is 432 g/mol. The van der Waals surface area contributed by atoms with Crippen LogP contribution in [0.4, 0.5) is 22.0 Å². The number of nitrogens with two attached hydrogens (primary N) is 1. The molecule has 1 aliphatic carbocycles. The van der Waals surface area contributed by atoms with Gasteiger partial charge in [0.1, 0.15) is 28.9 Å². The van der Waals surface area contributed by atoms with Crippen molar-refractivity contribution in [3.8, 4) is 28.8 Å². The fourth-order valence-electron chi connectivity index (χ4n) is 3.41. The SMILES string of the molecule is N#Cc1c(NCCNC(=O)Nc2ccccc2)cc(-c2c(O)cccc2OCC2CC2)nc1N. The van der Waals surface area contributed by atoms with Gasteiger partial charge >= 0.3 is 6.03 Å². The summed E-state index contributed by atoms with van der Waals surface area (Å²) in [6.07, 6.45) is 2.28. The molecule has 3 aromatic rings. The zero-order valence-corrected chi connectivity index (χ0v) is 18.5. The molecule has 0 unspecified atom stereocenters. The molecule has 0 atom stereocenters. The van der Waals surface area contributed by atoms with Crippen molar-refractivity contribution in [3.63, 3.8) is 0 Å². The number of hydrogen-bond donors (Lipinski definition) is 5. The number of ether oxygens (including phenoxy) is 1. The van der Waals surface area contributed by atoms with E-state index in [4.69, 9.17) is 10.5 Å². The third-order valence-electron chi connectivity index (χ3n) is 5.35. The van der Waals surface area contributed by atoms with Crippen LogP contribution >= 0.6 is 0 Å². The summed E-state index contributed by atoms with van der Waals surface area (Å²) in [7, 11) is 0. The molecule has 0 spiro atoms. The second-order valence-electron chi connectivity index (χ2n) is 8.01. The van der Waals surface area contributed by atoms with Crippen molar-refractivity contribution in [2.24, 2.45) is 5.92 Å². The highest BCUT2D eigenvalue weighted by Gasteiger charge is 2.24. The van der Waals surface area contributed by atoms with Gasteiger partial charge in [0.2, 0.25) is 0 Å². The Morgan fingerprint density at radius 3 is 2.71 bits per heavy atom. The van der Waals surface area contributed by atoms with Crippen LogP contribution in [0, 0.1) is 17.2 Å². The number of urea groups is 1. The van der Waals surface area contributed by atoms with Gasteiger partial charge in [0, 0.05) is 18.8 Å². The van der Waals surface area contributed by atoms with Crippen LogP contribution in [-0.2, 0) is 0 Å². The Kier molecular flexibility index (Phi) is 6.98. The highest BCUT2D eigenvalue weighted by Crippen LogP contribution is 2.40. The summed E-state index contributed by atoms with van der Waals surface area (Å²) < 4.78 is 5.93. The number of nitriles is 1. The molecule has 0 aliphatic heterocycles. The van der Waals surface area contributed by atoms with E-state index in [0.29, 0.717) is 54.0 Å². The molecule has 1 saturated carbocycles. The fraction of sp³-hybridized carbons (Fsp3) is 0.240. The zero-order valence-electron chi connectivity index (χ0n) is 18.5. The van der Waals surface area contributed by atoms with Gasteiger partial charge in [-0.05, 0) is 49.1 Å². The summed E-state index contributed by atoms with van der Waals surface area (Å²) >= 11 is 0. The van der Waals surface area contributed by atoms with E-state index in [1.165, 1.54) is 0 Å². The summed E-state index contributed by atoms with van der Waals surface area (Å²) in [6.45, 7) is 1.21. The second-order valence-corrected chi connectivity index (χ2v) is 8.01. The van der Waals surface area contributed by atoms with Crippen LogP contribution in [0.15, 0.2) is 54.6 Å². The number of aromatic hydroxyl groups is 1. The Labute approximate surface area is 197 Å². The van der Waals surface area contributed by atoms with E-state index in [9.17, 15) is 15.2 Å². The van der Waals surface area contributed by atoms with Crippen LogP contribution < -0.4 is 26.4 Å². The molecule has 0 saturated heterocycles.